The number of nitrogens with zero attached hydrogens (tertiary/aromatic N) is 2. The summed E-state index contributed by atoms with van der Waals surface area (Å²) in [6.45, 7) is 5.39. The number of rotatable bonds is 3. The zero-order valence-corrected chi connectivity index (χ0v) is 15.1. The smallest absolute Gasteiger partial charge is 0.133 e. The van der Waals surface area contributed by atoms with Crippen molar-refractivity contribution in [3.8, 4) is 16.3 Å². The molecule has 0 bridgehead atoms. The molecule has 0 radical (unpaired) electrons. The summed E-state index contributed by atoms with van der Waals surface area (Å²) >= 11 is 1.84. The van der Waals surface area contributed by atoms with E-state index in [-0.39, 0.29) is 0 Å². The first kappa shape index (κ1) is 15.5. The fourth-order valence-electron chi connectivity index (χ4n) is 3.45. The van der Waals surface area contributed by atoms with Crippen molar-refractivity contribution in [2.24, 2.45) is 0 Å². The molecule has 3 nitrogen and oxygen atoms in total. The minimum Gasteiger partial charge on any atom is -0.370 e. The van der Waals surface area contributed by atoms with Gasteiger partial charge in [-0.3, -0.25) is 0 Å². The standard InChI is InChI=1S/C20H23N3S/c1-3-15-8-4-5-10-17(15)23-20-16(9-6-7-13-21-20)19(22-23)18-12-11-14(2)24-18/h4-5,8,10-12,21H,3,6-7,9,13H2,1-2H3. The molecule has 0 spiro atoms. The van der Waals surface area contributed by atoms with Crippen molar-refractivity contribution in [3.63, 3.8) is 0 Å². The number of aryl methyl sites for hydroxylation is 2. The quantitative estimate of drug-likeness (QED) is 0.710. The first-order valence-electron chi connectivity index (χ1n) is 8.78. The summed E-state index contributed by atoms with van der Waals surface area (Å²) in [5.74, 6) is 1.19. The molecule has 3 heterocycles. The highest BCUT2D eigenvalue weighted by atomic mass is 32.1. The summed E-state index contributed by atoms with van der Waals surface area (Å²) in [4.78, 5) is 2.61. The SMILES string of the molecule is CCc1ccccc1-n1nc(-c2ccc(C)s2)c2c1NCCCC2. The van der Waals surface area contributed by atoms with Gasteiger partial charge in [-0.2, -0.15) is 5.10 Å². The Bertz CT molecular complexity index is 860. The first-order chi connectivity index (χ1) is 11.8. The lowest BCUT2D eigenvalue weighted by Crippen LogP contribution is -2.08. The van der Waals surface area contributed by atoms with E-state index < -0.39 is 0 Å². The van der Waals surface area contributed by atoms with E-state index in [9.17, 15) is 0 Å². The topological polar surface area (TPSA) is 29.9 Å². The number of thiophene rings is 1. The molecule has 2 aromatic heterocycles. The normalized spacial score (nSPS) is 14.1. The predicted octanol–water partition coefficient (Wildman–Crippen LogP) is 5.22. The fourth-order valence-corrected chi connectivity index (χ4v) is 4.33. The van der Waals surface area contributed by atoms with Crippen LogP contribution in [0, 0.1) is 6.92 Å². The molecule has 0 unspecified atom stereocenters. The molecule has 0 fully saturated rings. The molecule has 0 aliphatic carbocycles. The van der Waals surface area contributed by atoms with Gasteiger partial charge in [0.25, 0.3) is 0 Å². The monoisotopic (exact) mass is 337 g/mol. The third kappa shape index (κ3) is 2.65. The molecular weight excluding hydrogens is 314 g/mol. The van der Waals surface area contributed by atoms with Crippen molar-refractivity contribution >= 4 is 17.2 Å². The van der Waals surface area contributed by atoms with Gasteiger partial charge in [-0.1, -0.05) is 25.1 Å². The first-order valence-corrected chi connectivity index (χ1v) is 9.60. The largest absolute Gasteiger partial charge is 0.370 e. The van der Waals surface area contributed by atoms with Crippen LogP contribution >= 0.6 is 11.3 Å². The second-order valence-electron chi connectivity index (χ2n) is 6.36. The summed E-state index contributed by atoms with van der Waals surface area (Å²) in [6.07, 6.45) is 4.55. The molecule has 1 aromatic carbocycles. The summed E-state index contributed by atoms with van der Waals surface area (Å²) in [5.41, 5.74) is 5.07. The van der Waals surface area contributed by atoms with Gasteiger partial charge in [0.2, 0.25) is 0 Å². The van der Waals surface area contributed by atoms with Gasteiger partial charge in [0, 0.05) is 17.0 Å². The zero-order valence-electron chi connectivity index (χ0n) is 14.3. The average molecular weight is 337 g/mol. The second-order valence-corrected chi connectivity index (χ2v) is 7.65. The van der Waals surface area contributed by atoms with E-state index >= 15 is 0 Å². The van der Waals surface area contributed by atoms with Crippen molar-refractivity contribution in [3.05, 3.63) is 52.4 Å². The molecule has 3 aromatic rings. The van der Waals surface area contributed by atoms with Gasteiger partial charge >= 0.3 is 0 Å². The summed E-state index contributed by atoms with van der Waals surface area (Å²) < 4.78 is 2.14. The number of anilines is 1. The maximum atomic E-state index is 5.06. The predicted molar refractivity (Wildman–Crippen MR) is 102 cm³/mol. The lowest BCUT2D eigenvalue weighted by molar-refractivity contribution is 0.779. The van der Waals surface area contributed by atoms with Gasteiger partial charge < -0.3 is 5.32 Å². The minimum absolute atomic E-state index is 1.01. The maximum Gasteiger partial charge on any atom is 0.133 e. The molecular formula is C20H23N3S. The Labute approximate surface area is 147 Å². The van der Waals surface area contributed by atoms with E-state index in [0.717, 1.165) is 25.1 Å². The van der Waals surface area contributed by atoms with Gasteiger partial charge in [-0.05, 0) is 56.4 Å². The van der Waals surface area contributed by atoms with Crippen LogP contribution in [0.3, 0.4) is 0 Å². The van der Waals surface area contributed by atoms with E-state index in [2.05, 4.69) is 60.2 Å². The molecule has 4 heteroatoms. The molecule has 1 N–H and O–H groups in total. The molecule has 0 amide bonds. The Balaban J connectivity index is 1.93. The van der Waals surface area contributed by atoms with Crippen molar-refractivity contribution in [2.45, 2.75) is 39.5 Å². The third-order valence-corrected chi connectivity index (χ3v) is 5.71. The molecule has 124 valence electrons. The Kier molecular flexibility index (Phi) is 4.15. The van der Waals surface area contributed by atoms with Gasteiger partial charge in [0.15, 0.2) is 0 Å². The van der Waals surface area contributed by atoms with E-state index in [1.807, 2.05) is 11.3 Å². The Morgan fingerprint density at radius 1 is 1.17 bits per heavy atom. The number of fused-ring (bicyclic) bond motifs is 1. The highest BCUT2D eigenvalue weighted by Crippen LogP contribution is 2.37. The second kappa shape index (κ2) is 6.44. The van der Waals surface area contributed by atoms with Crippen LogP contribution in [-0.4, -0.2) is 16.3 Å². The van der Waals surface area contributed by atoms with Crippen LogP contribution in [0.2, 0.25) is 0 Å². The Morgan fingerprint density at radius 3 is 2.83 bits per heavy atom. The molecule has 0 saturated heterocycles. The zero-order chi connectivity index (χ0) is 16.5. The van der Waals surface area contributed by atoms with Gasteiger partial charge in [0.05, 0.1) is 10.6 Å². The maximum absolute atomic E-state index is 5.06. The Morgan fingerprint density at radius 2 is 2.04 bits per heavy atom. The number of benzene rings is 1. The summed E-state index contributed by atoms with van der Waals surface area (Å²) in [5, 5.41) is 8.71. The minimum atomic E-state index is 1.01. The molecule has 24 heavy (non-hydrogen) atoms. The lowest BCUT2D eigenvalue weighted by Gasteiger charge is -2.12. The molecule has 1 aliphatic rings. The highest BCUT2D eigenvalue weighted by molar-refractivity contribution is 7.15. The van der Waals surface area contributed by atoms with Crippen molar-refractivity contribution in [2.75, 3.05) is 11.9 Å². The third-order valence-electron chi connectivity index (χ3n) is 4.70. The van der Waals surface area contributed by atoms with Crippen LogP contribution in [0.5, 0.6) is 0 Å². The number of aromatic nitrogens is 2. The van der Waals surface area contributed by atoms with E-state index in [1.54, 1.807) is 0 Å². The summed E-state index contributed by atoms with van der Waals surface area (Å²) in [6, 6.07) is 13.0. The summed E-state index contributed by atoms with van der Waals surface area (Å²) in [7, 11) is 0. The number of hydrogen-bond acceptors (Lipinski definition) is 3. The van der Waals surface area contributed by atoms with Crippen molar-refractivity contribution in [1.29, 1.82) is 0 Å². The van der Waals surface area contributed by atoms with Crippen LogP contribution in [-0.2, 0) is 12.8 Å². The molecule has 0 saturated carbocycles. The molecule has 0 atom stereocenters. The lowest BCUT2D eigenvalue weighted by atomic mass is 10.1. The highest BCUT2D eigenvalue weighted by Gasteiger charge is 2.23. The number of hydrogen-bond donors (Lipinski definition) is 1. The average Bonchev–Trinajstić information content (AvgIpc) is 3.10. The van der Waals surface area contributed by atoms with Crippen LogP contribution in [0.15, 0.2) is 36.4 Å². The van der Waals surface area contributed by atoms with E-state index in [4.69, 9.17) is 5.10 Å². The van der Waals surface area contributed by atoms with Crippen LogP contribution < -0.4 is 5.32 Å². The van der Waals surface area contributed by atoms with Gasteiger partial charge in [0.1, 0.15) is 11.5 Å². The van der Waals surface area contributed by atoms with E-state index in [1.165, 1.54) is 45.2 Å². The van der Waals surface area contributed by atoms with Crippen molar-refractivity contribution in [1.82, 2.24) is 9.78 Å². The van der Waals surface area contributed by atoms with Crippen LogP contribution in [0.1, 0.15) is 35.8 Å². The van der Waals surface area contributed by atoms with E-state index in [0.29, 0.717) is 0 Å². The fraction of sp³-hybridized carbons (Fsp3) is 0.350. The molecule has 4 rings (SSSR count). The Hall–Kier alpha value is -2.07. The van der Waals surface area contributed by atoms with Gasteiger partial charge in [-0.15, -0.1) is 11.3 Å². The molecule has 1 aliphatic heterocycles. The van der Waals surface area contributed by atoms with Crippen LogP contribution in [0.4, 0.5) is 5.82 Å². The van der Waals surface area contributed by atoms with Crippen LogP contribution in [0.25, 0.3) is 16.3 Å². The van der Waals surface area contributed by atoms with Crippen molar-refractivity contribution < 1.29 is 0 Å². The van der Waals surface area contributed by atoms with Gasteiger partial charge in [-0.25, -0.2) is 4.68 Å². The number of nitrogens with one attached hydrogen (secondary N) is 1. The number of para-hydroxylation sites is 1.